The van der Waals surface area contributed by atoms with Crippen LogP contribution in [0.15, 0.2) is 58.8 Å². The van der Waals surface area contributed by atoms with Crippen LogP contribution in [0, 0.1) is 18.7 Å². The number of carbonyl (C=O) groups is 1. The molecule has 0 saturated heterocycles. The van der Waals surface area contributed by atoms with Crippen molar-refractivity contribution in [2.45, 2.75) is 40.2 Å². The maximum atomic E-state index is 14.0. The van der Waals surface area contributed by atoms with Crippen molar-refractivity contribution in [2.24, 2.45) is 5.92 Å². The number of nitrogens with zero attached hydrogens (tertiary/aromatic N) is 3. The normalized spacial score (nSPS) is 16.6. The molecule has 4 rings (SSSR count). The molecule has 2 aromatic carbocycles. The molecule has 166 valence electrons. The van der Waals surface area contributed by atoms with Gasteiger partial charge in [0.2, 0.25) is 5.82 Å². The second-order valence-corrected chi connectivity index (χ2v) is 8.56. The topological polar surface area (TPSA) is 71.3 Å². The summed E-state index contributed by atoms with van der Waals surface area (Å²) in [6.45, 7) is 8.66. The predicted octanol–water partition coefficient (Wildman–Crippen LogP) is 5.73. The number of carbonyl (C=O) groups excluding carboxylic acids is 1. The quantitative estimate of drug-likeness (QED) is 0.538. The summed E-state index contributed by atoms with van der Waals surface area (Å²) in [5, 5.41) is 7.18. The van der Waals surface area contributed by atoms with Crippen molar-refractivity contribution in [1.29, 1.82) is 0 Å². The maximum absolute atomic E-state index is 14.0. The molecule has 1 atom stereocenters. The second-order valence-electron chi connectivity index (χ2n) is 8.56. The Morgan fingerprint density at radius 3 is 2.66 bits per heavy atom. The number of aromatic nitrogens is 2. The van der Waals surface area contributed by atoms with Crippen LogP contribution in [0.1, 0.15) is 50.3 Å². The third kappa shape index (κ3) is 4.42. The minimum Gasteiger partial charge on any atom is -0.334 e. The van der Waals surface area contributed by atoms with Crippen LogP contribution in [0.3, 0.4) is 0 Å². The van der Waals surface area contributed by atoms with E-state index < -0.39 is 6.04 Å². The van der Waals surface area contributed by atoms with Crippen molar-refractivity contribution >= 4 is 11.6 Å². The fraction of sp³-hybridized carbons (Fsp3) is 0.320. The minimum atomic E-state index is -0.598. The van der Waals surface area contributed by atoms with Gasteiger partial charge in [0.05, 0.1) is 11.6 Å². The molecule has 1 unspecified atom stereocenters. The van der Waals surface area contributed by atoms with Gasteiger partial charge in [-0.1, -0.05) is 54.9 Å². The van der Waals surface area contributed by atoms with E-state index in [1.54, 1.807) is 17.0 Å². The third-order valence-corrected chi connectivity index (χ3v) is 5.64. The highest BCUT2D eigenvalue weighted by molar-refractivity contribution is 5.86. The smallest absolute Gasteiger partial charge is 0.322 e. The SMILES string of the molecule is CC1=C(c2nc(-c3cccc(C)c3)no2)C(c2cccc(F)c2)NC(=O)N1CCC(C)C. The fourth-order valence-corrected chi connectivity index (χ4v) is 3.89. The molecular weight excluding hydrogens is 407 g/mol. The molecule has 2 amide bonds. The molecule has 1 aliphatic heterocycles. The Balaban J connectivity index is 1.80. The molecule has 1 N–H and O–H groups in total. The lowest BCUT2D eigenvalue weighted by molar-refractivity contribution is 0.202. The van der Waals surface area contributed by atoms with Gasteiger partial charge in [0.25, 0.3) is 5.89 Å². The summed E-state index contributed by atoms with van der Waals surface area (Å²) in [6.07, 6.45) is 0.848. The summed E-state index contributed by atoms with van der Waals surface area (Å²) in [4.78, 5) is 19.3. The minimum absolute atomic E-state index is 0.223. The van der Waals surface area contributed by atoms with Crippen LogP contribution in [-0.4, -0.2) is 27.6 Å². The predicted molar refractivity (Wildman–Crippen MR) is 121 cm³/mol. The zero-order valence-corrected chi connectivity index (χ0v) is 18.7. The Morgan fingerprint density at radius 2 is 1.94 bits per heavy atom. The molecule has 0 saturated carbocycles. The number of rotatable bonds is 6. The molecule has 1 aromatic heterocycles. The number of benzene rings is 2. The van der Waals surface area contributed by atoms with Crippen LogP contribution in [0.2, 0.25) is 0 Å². The maximum Gasteiger partial charge on any atom is 0.322 e. The molecule has 6 nitrogen and oxygen atoms in total. The van der Waals surface area contributed by atoms with E-state index >= 15 is 0 Å². The summed E-state index contributed by atoms with van der Waals surface area (Å²) in [5.74, 6) is 0.841. The van der Waals surface area contributed by atoms with Gasteiger partial charge < -0.3 is 9.84 Å². The Kier molecular flexibility index (Phi) is 6.08. The first-order valence-electron chi connectivity index (χ1n) is 10.8. The van der Waals surface area contributed by atoms with Crippen molar-refractivity contribution in [3.8, 4) is 11.4 Å². The lowest BCUT2D eigenvalue weighted by Crippen LogP contribution is -2.46. The van der Waals surface area contributed by atoms with Crippen LogP contribution in [0.5, 0.6) is 0 Å². The van der Waals surface area contributed by atoms with Crippen LogP contribution < -0.4 is 5.32 Å². The van der Waals surface area contributed by atoms with Crippen LogP contribution in [-0.2, 0) is 0 Å². The molecule has 2 heterocycles. The van der Waals surface area contributed by atoms with E-state index in [1.165, 1.54) is 12.1 Å². The van der Waals surface area contributed by atoms with Crippen LogP contribution in [0.4, 0.5) is 9.18 Å². The Bertz CT molecular complexity index is 1170. The lowest BCUT2D eigenvalue weighted by atomic mass is 9.94. The van der Waals surface area contributed by atoms with Crippen LogP contribution in [0.25, 0.3) is 17.0 Å². The van der Waals surface area contributed by atoms with Gasteiger partial charge in [-0.3, -0.25) is 4.90 Å². The monoisotopic (exact) mass is 434 g/mol. The molecular formula is C25H27FN4O2. The first-order valence-corrected chi connectivity index (χ1v) is 10.8. The van der Waals surface area contributed by atoms with Gasteiger partial charge in [0.1, 0.15) is 5.82 Å². The van der Waals surface area contributed by atoms with Crippen molar-refractivity contribution in [3.63, 3.8) is 0 Å². The molecule has 0 bridgehead atoms. The van der Waals surface area contributed by atoms with E-state index in [1.807, 2.05) is 38.1 Å². The van der Waals surface area contributed by atoms with Crippen molar-refractivity contribution in [2.75, 3.05) is 6.54 Å². The van der Waals surface area contributed by atoms with Gasteiger partial charge in [0.15, 0.2) is 0 Å². The summed E-state index contributed by atoms with van der Waals surface area (Å²) in [6, 6.07) is 13.2. The van der Waals surface area contributed by atoms with Gasteiger partial charge >= 0.3 is 6.03 Å². The summed E-state index contributed by atoms with van der Waals surface area (Å²) in [7, 11) is 0. The molecule has 32 heavy (non-hydrogen) atoms. The van der Waals surface area contributed by atoms with Gasteiger partial charge in [-0.25, -0.2) is 9.18 Å². The zero-order valence-electron chi connectivity index (χ0n) is 18.7. The van der Waals surface area contributed by atoms with E-state index in [2.05, 4.69) is 29.3 Å². The van der Waals surface area contributed by atoms with E-state index in [0.29, 0.717) is 35.3 Å². The lowest BCUT2D eigenvalue weighted by Gasteiger charge is -2.35. The first-order chi connectivity index (χ1) is 15.3. The number of urea groups is 1. The summed E-state index contributed by atoms with van der Waals surface area (Å²) >= 11 is 0. The number of nitrogens with one attached hydrogen (secondary N) is 1. The van der Waals surface area contributed by atoms with Crippen molar-refractivity contribution in [3.05, 3.63) is 77.1 Å². The standard InChI is InChI=1S/C25H27FN4O2/c1-15(2)11-12-30-17(4)21(22(27-25(30)31)18-8-6-10-20(26)14-18)24-28-23(29-32-24)19-9-5-7-16(3)13-19/h5-10,13-15,22H,11-12H2,1-4H3,(H,27,31). The number of allylic oxidation sites excluding steroid dienone is 1. The fourth-order valence-electron chi connectivity index (χ4n) is 3.89. The third-order valence-electron chi connectivity index (χ3n) is 5.64. The Morgan fingerprint density at radius 1 is 1.16 bits per heavy atom. The Labute approximate surface area is 187 Å². The molecule has 0 aliphatic carbocycles. The number of hydrogen-bond donors (Lipinski definition) is 1. The average Bonchev–Trinajstić information content (AvgIpc) is 3.22. The van der Waals surface area contributed by atoms with Gasteiger partial charge in [-0.05, 0) is 49.9 Å². The Hall–Kier alpha value is -3.48. The molecule has 3 aromatic rings. The van der Waals surface area contributed by atoms with E-state index in [-0.39, 0.29) is 11.8 Å². The zero-order chi connectivity index (χ0) is 22.8. The van der Waals surface area contributed by atoms with E-state index in [0.717, 1.165) is 23.2 Å². The number of amides is 2. The highest BCUT2D eigenvalue weighted by Crippen LogP contribution is 2.37. The number of hydrogen-bond acceptors (Lipinski definition) is 4. The van der Waals surface area contributed by atoms with Gasteiger partial charge in [0, 0.05) is 17.8 Å². The van der Waals surface area contributed by atoms with E-state index in [9.17, 15) is 9.18 Å². The average molecular weight is 435 g/mol. The van der Waals surface area contributed by atoms with Crippen molar-refractivity contribution < 1.29 is 13.7 Å². The number of aryl methyl sites for hydroxylation is 1. The molecule has 0 spiro atoms. The first kappa shape index (κ1) is 21.7. The molecule has 7 heteroatoms. The molecule has 1 aliphatic rings. The van der Waals surface area contributed by atoms with Crippen molar-refractivity contribution in [1.82, 2.24) is 20.4 Å². The van der Waals surface area contributed by atoms with Crippen LogP contribution >= 0.6 is 0 Å². The summed E-state index contributed by atoms with van der Waals surface area (Å²) in [5.41, 5.74) is 3.95. The second kappa shape index (κ2) is 8.94. The highest BCUT2D eigenvalue weighted by Gasteiger charge is 2.35. The summed E-state index contributed by atoms with van der Waals surface area (Å²) < 4.78 is 19.7. The number of halogens is 1. The molecule has 0 radical (unpaired) electrons. The molecule has 0 fully saturated rings. The van der Waals surface area contributed by atoms with E-state index in [4.69, 9.17) is 4.52 Å². The van der Waals surface area contributed by atoms with Gasteiger partial charge in [-0.15, -0.1) is 0 Å². The highest BCUT2D eigenvalue weighted by atomic mass is 19.1. The largest absolute Gasteiger partial charge is 0.334 e. The van der Waals surface area contributed by atoms with Gasteiger partial charge in [-0.2, -0.15) is 4.98 Å².